The zero-order valence-corrected chi connectivity index (χ0v) is 15.6. The number of nitrogens with two attached hydrogens (primary N) is 1. The number of carbonyl (C=O) groups excluding carboxylic acids is 1. The van der Waals surface area contributed by atoms with Gasteiger partial charge < -0.3 is 10.6 Å². The van der Waals surface area contributed by atoms with Crippen molar-refractivity contribution >= 4 is 23.4 Å². The molecule has 0 saturated carbocycles. The Kier molecular flexibility index (Phi) is 6.47. The molecule has 0 fully saturated rings. The van der Waals surface area contributed by atoms with Crippen LogP contribution in [0.2, 0.25) is 0 Å². The average molecular weight is 364 g/mol. The fourth-order valence-corrected chi connectivity index (χ4v) is 3.38. The zero-order chi connectivity index (χ0) is 18.2. The van der Waals surface area contributed by atoms with E-state index in [0.29, 0.717) is 6.54 Å². The first-order valence-electron chi connectivity index (χ1n) is 8.63. The second-order valence-corrected chi connectivity index (χ2v) is 6.90. The Balaban J connectivity index is 1.68. The highest BCUT2D eigenvalue weighted by atomic mass is 32.2. The molecular formula is C22H23N2OS+. The third kappa shape index (κ3) is 4.97. The Hall–Kier alpha value is -2.56. The van der Waals surface area contributed by atoms with Gasteiger partial charge in [0.05, 0.1) is 0 Å². The van der Waals surface area contributed by atoms with Crippen LogP contribution in [0.1, 0.15) is 17.2 Å². The van der Waals surface area contributed by atoms with Crippen LogP contribution in [0, 0.1) is 0 Å². The first-order valence-corrected chi connectivity index (χ1v) is 9.86. The summed E-state index contributed by atoms with van der Waals surface area (Å²) in [5.74, 6) is 0.000107. The van der Waals surface area contributed by atoms with Gasteiger partial charge in [0.2, 0.25) is 0 Å². The Morgan fingerprint density at radius 1 is 0.923 bits per heavy atom. The van der Waals surface area contributed by atoms with Crippen molar-refractivity contribution in [3.8, 4) is 0 Å². The fraction of sp³-hybridized carbons (Fsp3) is 0.136. The smallest absolute Gasteiger partial charge is 0.279 e. The maximum atomic E-state index is 12.4. The number of thioether (sulfide) groups is 1. The Labute approximate surface area is 158 Å². The molecule has 26 heavy (non-hydrogen) atoms. The molecule has 0 saturated heterocycles. The summed E-state index contributed by atoms with van der Waals surface area (Å²) >= 11 is 1.66. The van der Waals surface area contributed by atoms with Crippen LogP contribution in [-0.4, -0.2) is 18.7 Å². The van der Waals surface area contributed by atoms with E-state index in [1.165, 1.54) is 11.1 Å². The summed E-state index contributed by atoms with van der Waals surface area (Å²) in [6, 6.07) is 28.6. The lowest BCUT2D eigenvalue weighted by atomic mass is 9.99. The number of anilines is 1. The largest absolute Gasteiger partial charge is 0.328 e. The van der Waals surface area contributed by atoms with E-state index >= 15 is 0 Å². The van der Waals surface area contributed by atoms with Crippen LogP contribution in [-0.2, 0) is 4.79 Å². The van der Waals surface area contributed by atoms with E-state index in [9.17, 15) is 4.79 Å². The van der Waals surface area contributed by atoms with Crippen molar-refractivity contribution in [2.45, 2.75) is 10.9 Å². The Morgan fingerprint density at radius 2 is 1.54 bits per heavy atom. The van der Waals surface area contributed by atoms with E-state index in [0.717, 1.165) is 10.6 Å². The van der Waals surface area contributed by atoms with E-state index in [-0.39, 0.29) is 11.9 Å². The minimum atomic E-state index is 0.000107. The highest BCUT2D eigenvalue weighted by Crippen LogP contribution is 2.19. The molecule has 3 nitrogen and oxygen atoms in total. The van der Waals surface area contributed by atoms with Crippen molar-refractivity contribution in [2.24, 2.45) is 0 Å². The van der Waals surface area contributed by atoms with Crippen molar-refractivity contribution in [3.63, 3.8) is 0 Å². The quantitative estimate of drug-likeness (QED) is 0.629. The molecule has 3 aromatic carbocycles. The highest BCUT2D eigenvalue weighted by Gasteiger charge is 2.18. The van der Waals surface area contributed by atoms with Crippen molar-refractivity contribution < 1.29 is 10.1 Å². The maximum Gasteiger partial charge on any atom is 0.279 e. The summed E-state index contributed by atoms with van der Waals surface area (Å²) < 4.78 is 0. The second kappa shape index (κ2) is 9.22. The lowest BCUT2D eigenvalue weighted by Crippen LogP contribution is -2.87. The molecule has 0 aliphatic carbocycles. The van der Waals surface area contributed by atoms with E-state index < -0.39 is 0 Å². The number of hydrogen-bond donors (Lipinski definition) is 2. The van der Waals surface area contributed by atoms with E-state index in [1.807, 2.05) is 66.9 Å². The Bertz CT molecular complexity index is 798. The summed E-state index contributed by atoms with van der Waals surface area (Å²) in [4.78, 5) is 13.6. The maximum absolute atomic E-state index is 12.4. The number of hydrogen-bond acceptors (Lipinski definition) is 2. The van der Waals surface area contributed by atoms with Gasteiger partial charge in [0.15, 0.2) is 6.54 Å². The topological polar surface area (TPSA) is 45.7 Å². The van der Waals surface area contributed by atoms with Crippen molar-refractivity contribution in [1.82, 2.24) is 0 Å². The molecule has 3 aromatic rings. The van der Waals surface area contributed by atoms with Gasteiger partial charge in [-0.05, 0) is 24.5 Å². The van der Waals surface area contributed by atoms with E-state index in [4.69, 9.17) is 0 Å². The van der Waals surface area contributed by atoms with Crippen LogP contribution in [0.25, 0.3) is 0 Å². The van der Waals surface area contributed by atoms with Crippen LogP contribution in [0.3, 0.4) is 0 Å². The average Bonchev–Trinajstić information content (AvgIpc) is 2.70. The van der Waals surface area contributed by atoms with Gasteiger partial charge in [-0.3, -0.25) is 4.79 Å². The molecule has 0 heterocycles. The zero-order valence-electron chi connectivity index (χ0n) is 14.8. The predicted octanol–water partition coefficient (Wildman–Crippen LogP) is 3.70. The summed E-state index contributed by atoms with van der Waals surface area (Å²) in [5, 5.41) is 5.07. The minimum Gasteiger partial charge on any atom is -0.328 e. The lowest BCUT2D eigenvalue weighted by molar-refractivity contribution is -0.676. The van der Waals surface area contributed by atoms with Crippen molar-refractivity contribution in [3.05, 3.63) is 96.1 Å². The van der Waals surface area contributed by atoms with Crippen LogP contribution < -0.4 is 10.6 Å². The first kappa shape index (κ1) is 18.2. The molecule has 0 aliphatic rings. The highest BCUT2D eigenvalue weighted by molar-refractivity contribution is 7.98. The number of carbonyl (C=O) groups is 1. The van der Waals surface area contributed by atoms with Gasteiger partial charge in [-0.15, -0.1) is 11.8 Å². The summed E-state index contributed by atoms with van der Waals surface area (Å²) in [7, 11) is 0. The van der Waals surface area contributed by atoms with Crippen LogP contribution in [0.5, 0.6) is 0 Å². The third-order valence-corrected chi connectivity index (χ3v) is 4.94. The van der Waals surface area contributed by atoms with Crippen LogP contribution in [0.4, 0.5) is 5.69 Å². The lowest BCUT2D eigenvalue weighted by Gasteiger charge is -2.16. The monoisotopic (exact) mass is 363 g/mol. The van der Waals surface area contributed by atoms with Crippen LogP contribution >= 0.6 is 11.8 Å². The molecule has 0 radical (unpaired) electrons. The molecule has 0 aromatic heterocycles. The van der Waals surface area contributed by atoms with E-state index in [1.54, 1.807) is 11.8 Å². The number of amides is 1. The third-order valence-electron chi connectivity index (χ3n) is 4.21. The van der Waals surface area contributed by atoms with Gasteiger partial charge in [0.25, 0.3) is 5.91 Å². The van der Waals surface area contributed by atoms with Gasteiger partial charge in [-0.1, -0.05) is 66.7 Å². The number of quaternary nitrogens is 1. The molecule has 0 aliphatic heterocycles. The molecule has 0 unspecified atom stereocenters. The molecule has 1 amide bonds. The molecule has 0 spiro atoms. The standard InChI is InChI=1S/C22H22N2OS/c1-26-20-14-8-13-19(15-20)24-21(25)16-23-22(17-9-4-2-5-10-17)18-11-6-3-7-12-18/h2-15,22-23H,16H2,1H3,(H,24,25)/p+1. The predicted molar refractivity (Wildman–Crippen MR) is 108 cm³/mol. The summed E-state index contributed by atoms with van der Waals surface area (Å²) in [6.07, 6.45) is 2.03. The van der Waals surface area contributed by atoms with Gasteiger partial charge in [0, 0.05) is 21.7 Å². The second-order valence-electron chi connectivity index (χ2n) is 6.02. The van der Waals surface area contributed by atoms with Crippen molar-refractivity contribution in [1.29, 1.82) is 0 Å². The molecule has 0 atom stereocenters. The SMILES string of the molecule is CSc1cccc(NC(=O)C[NH2+]C(c2ccccc2)c2ccccc2)c1. The van der Waals surface area contributed by atoms with Crippen molar-refractivity contribution in [2.75, 3.05) is 18.1 Å². The van der Waals surface area contributed by atoms with Gasteiger partial charge in [-0.25, -0.2) is 0 Å². The molecule has 3 N–H and O–H groups in total. The fourth-order valence-electron chi connectivity index (χ4n) is 2.92. The minimum absolute atomic E-state index is 0.000107. The van der Waals surface area contributed by atoms with E-state index in [2.05, 4.69) is 34.9 Å². The molecule has 0 bridgehead atoms. The number of rotatable bonds is 7. The van der Waals surface area contributed by atoms with Crippen LogP contribution in [0.15, 0.2) is 89.8 Å². The number of nitrogens with one attached hydrogen (secondary N) is 1. The van der Waals surface area contributed by atoms with Gasteiger partial charge >= 0.3 is 0 Å². The molecule has 132 valence electrons. The summed E-state index contributed by atoms with van der Waals surface area (Å²) in [6.45, 7) is 0.359. The molecule has 3 rings (SSSR count). The molecule has 4 heteroatoms. The van der Waals surface area contributed by atoms with Gasteiger partial charge in [0.1, 0.15) is 6.04 Å². The molecular weight excluding hydrogens is 340 g/mol. The summed E-state index contributed by atoms with van der Waals surface area (Å²) in [5.41, 5.74) is 3.22. The normalized spacial score (nSPS) is 10.7. The Morgan fingerprint density at radius 3 is 2.12 bits per heavy atom. The first-order chi connectivity index (χ1) is 12.8. The number of benzene rings is 3. The van der Waals surface area contributed by atoms with Gasteiger partial charge in [-0.2, -0.15) is 0 Å².